The molecule has 23 heavy (non-hydrogen) atoms. The molecule has 0 spiro atoms. The van der Waals surface area contributed by atoms with Gasteiger partial charge >= 0.3 is 0 Å². The third-order valence-corrected chi connectivity index (χ3v) is 5.33. The summed E-state index contributed by atoms with van der Waals surface area (Å²) in [5, 5.41) is 3.23. The van der Waals surface area contributed by atoms with Gasteiger partial charge in [0, 0.05) is 16.3 Å². The van der Waals surface area contributed by atoms with E-state index in [0.717, 1.165) is 5.56 Å². The van der Waals surface area contributed by atoms with E-state index in [1.54, 1.807) is 18.2 Å². The Kier molecular flexibility index (Phi) is 5.31. The molecule has 0 fully saturated rings. The Balaban J connectivity index is 2.37. The molecule has 0 unspecified atom stereocenters. The van der Waals surface area contributed by atoms with Crippen LogP contribution in [0.5, 0.6) is 0 Å². The Morgan fingerprint density at radius 2 is 1.78 bits per heavy atom. The molecule has 0 atom stereocenters. The molecule has 0 heterocycles. The first-order chi connectivity index (χ1) is 10.7. The number of hydrogen-bond donors (Lipinski definition) is 2. The number of anilines is 1. The highest BCUT2D eigenvalue weighted by Gasteiger charge is 2.18. The van der Waals surface area contributed by atoms with Crippen molar-refractivity contribution in [1.82, 2.24) is 4.72 Å². The molecule has 0 radical (unpaired) electrons. The van der Waals surface area contributed by atoms with E-state index in [9.17, 15) is 13.2 Å². The molecule has 8 heteroatoms. The number of benzene rings is 2. The van der Waals surface area contributed by atoms with Crippen molar-refractivity contribution in [3.05, 3.63) is 57.6 Å². The standard InChI is InChI=1S/C15H14Cl2N2O3S/c1-9-3-5-11(16)8-13(9)19-15(20)10-4-6-12(17)14(7-10)23(21,22)18-2/h3-8,18H,1-2H3,(H,19,20). The number of aryl methyl sites for hydroxylation is 1. The van der Waals surface area contributed by atoms with Crippen LogP contribution in [0.3, 0.4) is 0 Å². The number of halogens is 2. The van der Waals surface area contributed by atoms with E-state index < -0.39 is 15.9 Å². The van der Waals surface area contributed by atoms with E-state index in [0.29, 0.717) is 10.7 Å². The van der Waals surface area contributed by atoms with Crippen molar-refractivity contribution in [3.63, 3.8) is 0 Å². The van der Waals surface area contributed by atoms with E-state index in [-0.39, 0.29) is 15.5 Å². The fourth-order valence-electron chi connectivity index (χ4n) is 1.88. The molecular formula is C15H14Cl2N2O3S. The third kappa shape index (κ3) is 4.03. The predicted octanol–water partition coefficient (Wildman–Crippen LogP) is 3.46. The molecule has 0 aliphatic heterocycles. The summed E-state index contributed by atoms with van der Waals surface area (Å²) in [5.41, 5.74) is 1.55. The van der Waals surface area contributed by atoms with Gasteiger partial charge in [-0.05, 0) is 49.9 Å². The minimum Gasteiger partial charge on any atom is -0.322 e. The molecule has 2 aromatic carbocycles. The smallest absolute Gasteiger partial charge is 0.255 e. The van der Waals surface area contributed by atoms with Gasteiger partial charge in [-0.3, -0.25) is 4.79 Å². The summed E-state index contributed by atoms with van der Waals surface area (Å²) in [7, 11) is -2.48. The summed E-state index contributed by atoms with van der Waals surface area (Å²) in [6.07, 6.45) is 0. The number of sulfonamides is 1. The first-order valence-corrected chi connectivity index (χ1v) is 8.79. The fourth-order valence-corrected chi connectivity index (χ4v) is 3.31. The number of amides is 1. The van der Waals surface area contributed by atoms with Gasteiger partial charge in [0.05, 0.1) is 5.02 Å². The van der Waals surface area contributed by atoms with Crippen molar-refractivity contribution < 1.29 is 13.2 Å². The molecule has 2 N–H and O–H groups in total. The fraction of sp³-hybridized carbons (Fsp3) is 0.133. The zero-order valence-electron chi connectivity index (χ0n) is 12.4. The van der Waals surface area contributed by atoms with Crippen LogP contribution < -0.4 is 10.0 Å². The van der Waals surface area contributed by atoms with Crippen LogP contribution >= 0.6 is 23.2 Å². The summed E-state index contributed by atoms with van der Waals surface area (Å²) >= 11 is 11.8. The molecule has 5 nitrogen and oxygen atoms in total. The number of rotatable bonds is 4. The lowest BCUT2D eigenvalue weighted by molar-refractivity contribution is 0.102. The topological polar surface area (TPSA) is 75.3 Å². The van der Waals surface area contributed by atoms with Crippen LogP contribution in [0.1, 0.15) is 15.9 Å². The highest BCUT2D eigenvalue weighted by molar-refractivity contribution is 7.89. The van der Waals surface area contributed by atoms with Crippen LogP contribution in [-0.4, -0.2) is 21.4 Å². The Labute approximate surface area is 144 Å². The second-order valence-corrected chi connectivity index (χ2v) is 7.46. The number of carbonyl (C=O) groups excluding carboxylic acids is 1. The Hall–Kier alpha value is -1.60. The first-order valence-electron chi connectivity index (χ1n) is 6.55. The molecule has 0 aliphatic rings. The van der Waals surface area contributed by atoms with E-state index in [2.05, 4.69) is 10.0 Å². The van der Waals surface area contributed by atoms with E-state index in [1.165, 1.54) is 25.2 Å². The molecule has 0 aromatic heterocycles. The lowest BCUT2D eigenvalue weighted by Gasteiger charge is -2.11. The molecule has 122 valence electrons. The highest BCUT2D eigenvalue weighted by Crippen LogP contribution is 2.24. The van der Waals surface area contributed by atoms with Crippen LogP contribution in [0.4, 0.5) is 5.69 Å². The molecule has 0 saturated heterocycles. The number of hydrogen-bond acceptors (Lipinski definition) is 3. The van der Waals surface area contributed by atoms with E-state index in [1.807, 2.05) is 6.92 Å². The van der Waals surface area contributed by atoms with Gasteiger partial charge in [-0.2, -0.15) is 0 Å². The molecule has 2 aromatic rings. The zero-order valence-corrected chi connectivity index (χ0v) is 14.7. The Morgan fingerprint density at radius 1 is 1.09 bits per heavy atom. The third-order valence-electron chi connectivity index (χ3n) is 3.20. The maximum absolute atomic E-state index is 12.3. The van der Waals surface area contributed by atoms with Gasteiger partial charge in [-0.25, -0.2) is 13.1 Å². The largest absolute Gasteiger partial charge is 0.322 e. The SMILES string of the molecule is CNS(=O)(=O)c1cc(C(=O)Nc2cc(Cl)ccc2C)ccc1Cl. The summed E-state index contributed by atoms with van der Waals surface area (Å²) in [5.74, 6) is -0.459. The lowest BCUT2D eigenvalue weighted by atomic mass is 10.1. The maximum atomic E-state index is 12.3. The molecule has 2 rings (SSSR count). The second-order valence-electron chi connectivity index (χ2n) is 4.77. The van der Waals surface area contributed by atoms with Crippen LogP contribution in [0, 0.1) is 6.92 Å². The van der Waals surface area contributed by atoms with Crippen molar-refractivity contribution in [2.75, 3.05) is 12.4 Å². The normalized spacial score (nSPS) is 11.3. The van der Waals surface area contributed by atoms with Crippen LogP contribution in [0.2, 0.25) is 10.0 Å². The zero-order chi connectivity index (χ0) is 17.2. The van der Waals surface area contributed by atoms with Gasteiger partial charge in [-0.1, -0.05) is 29.3 Å². The Morgan fingerprint density at radius 3 is 2.43 bits per heavy atom. The lowest BCUT2D eigenvalue weighted by Crippen LogP contribution is -2.20. The van der Waals surface area contributed by atoms with Gasteiger partial charge in [-0.15, -0.1) is 0 Å². The molecule has 0 bridgehead atoms. The van der Waals surface area contributed by atoms with E-state index in [4.69, 9.17) is 23.2 Å². The number of nitrogens with one attached hydrogen (secondary N) is 2. The summed E-state index contributed by atoms with van der Waals surface area (Å²) in [6.45, 7) is 1.82. The quantitative estimate of drug-likeness (QED) is 0.862. The van der Waals surface area contributed by atoms with Crippen molar-refractivity contribution in [2.45, 2.75) is 11.8 Å². The predicted molar refractivity (Wildman–Crippen MR) is 91.8 cm³/mol. The van der Waals surface area contributed by atoms with Gasteiger partial charge in [0.1, 0.15) is 4.90 Å². The minimum atomic E-state index is -3.76. The van der Waals surface area contributed by atoms with Gasteiger partial charge in [0.25, 0.3) is 5.91 Å². The first kappa shape index (κ1) is 17.7. The summed E-state index contributed by atoms with van der Waals surface area (Å²) in [4.78, 5) is 12.2. The van der Waals surface area contributed by atoms with Gasteiger partial charge in [0.2, 0.25) is 10.0 Å². The highest BCUT2D eigenvalue weighted by atomic mass is 35.5. The van der Waals surface area contributed by atoms with Crippen molar-refractivity contribution in [1.29, 1.82) is 0 Å². The molecular weight excluding hydrogens is 359 g/mol. The van der Waals surface area contributed by atoms with Gasteiger partial charge < -0.3 is 5.32 Å². The van der Waals surface area contributed by atoms with Crippen LogP contribution in [0.25, 0.3) is 0 Å². The minimum absolute atomic E-state index is 0.0369. The van der Waals surface area contributed by atoms with Crippen LogP contribution in [0.15, 0.2) is 41.3 Å². The number of carbonyl (C=O) groups is 1. The molecule has 0 aliphatic carbocycles. The average Bonchev–Trinajstić information content (AvgIpc) is 2.51. The molecule has 1 amide bonds. The summed E-state index contributed by atoms with van der Waals surface area (Å²) < 4.78 is 26.0. The Bertz CT molecular complexity index is 867. The second kappa shape index (κ2) is 6.88. The maximum Gasteiger partial charge on any atom is 0.255 e. The van der Waals surface area contributed by atoms with Crippen molar-refractivity contribution in [3.8, 4) is 0 Å². The van der Waals surface area contributed by atoms with E-state index >= 15 is 0 Å². The monoisotopic (exact) mass is 372 g/mol. The van der Waals surface area contributed by atoms with Gasteiger partial charge in [0.15, 0.2) is 0 Å². The van der Waals surface area contributed by atoms with Crippen LogP contribution in [-0.2, 0) is 10.0 Å². The average molecular weight is 373 g/mol. The summed E-state index contributed by atoms with van der Waals surface area (Å²) in [6, 6.07) is 9.15. The molecule has 0 saturated carbocycles. The van der Waals surface area contributed by atoms with Crippen molar-refractivity contribution >= 4 is 44.8 Å². The van der Waals surface area contributed by atoms with Crippen molar-refractivity contribution in [2.24, 2.45) is 0 Å².